The lowest BCUT2D eigenvalue weighted by Crippen LogP contribution is -2.09. The van der Waals surface area contributed by atoms with Crippen molar-refractivity contribution in [2.24, 2.45) is 5.92 Å². The summed E-state index contributed by atoms with van der Waals surface area (Å²) in [6, 6.07) is 2.77. The average Bonchev–Trinajstić information content (AvgIpc) is 3.58. The first-order valence-corrected chi connectivity index (χ1v) is 10.2. The van der Waals surface area contributed by atoms with Gasteiger partial charge in [-0.2, -0.15) is 0 Å². The molecule has 0 unspecified atom stereocenters. The maximum absolute atomic E-state index is 14.9. The second-order valence-electron chi connectivity index (χ2n) is 7.34. The fraction of sp³-hybridized carbons (Fsp3) is 0.409. The first kappa shape index (κ1) is 22.5. The Bertz CT molecular complexity index is 1050. The number of aromatic nitrogens is 3. The number of anilines is 2. The van der Waals surface area contributed by atoms with E-state index < -0.39 is 17.2 Å². The quantitative estimate of drug-likeness (QED) is 0.578. The molecule has 3 N–H and O–H groups in total. The van der Waals surface area contributed by atoms with Gasteiger partial charge in [0.15, 0.2) is 29.0 Å². The van der Waals surface area contributed by atoms with Crippen molar-refractivity contribution < 1.29 is 18.3 Å². The number of nitrogens with one attached hydrogen (secondary N) is 1. The Labute approximate surface area is 180 Å². The van der Waals surface area contributed by atoms with Crippen molar-refractivity contribution in [3.05, 3.63) is 30.0 Å². The molecule has 31 heavy (non-hydrogen) atoms. The smallest absolute Gasteiger partial charge is 0.179 e. The van der Waals surface area contributed by atoms with Gasteiger partial charge in [0.2, 0.25) is 0 Å². The van der Waals surface area contributed by atoms with Crippen LogP contribution < -0.4 is 20.5 Å². The van der Waals surface area contributed by atoms with E-state index in [0.29, 0.717) is 35.0 Å². The second kappa shape index (κ2) is 9.72. The topological polar surface area (TPSA) is 95.2 Å². The summed E-state index contributed by atoms with van der Waals surface area (Å²) in [4.78, 5) is 12.7. The van der Waals surface area contributed by atoms with Crippen molar-refractivity contribution in [1.82, 2.24) is 15.0 Å². The zero-order valence-corrected chi connectivity index (χ0v) is 18.1. The molecule has 2 heterocycles. The minimum atomic E-state index is -0.906. The number of benzene rings is 1. The molecule has 4 rings (SSSR count). The lowest BCUT2D eigenvalue weighted by Gasteiger charge is -2.14. The lowest BCUT2D eigenvalue weighted by molar-refractivity contribution is 0.359. The molecule has 0 amide bonds. The zero-order chi connectivity index (χ0) is 22.5. The molecule has 9 heteroatoms. The number of hydrogen-bond acceptors (Lipinski definition) is 7. The number of pyridine rings is 1. The molecule has 1 fully saturated rings. The highest BCUT2D eigenvalue weighted by molar-refractivity contribution is 5.91. The molecule has 0 atom stereocenters. The Morgan fingerprint density at radius 1 is 1.06 bits per heavy atom. The first-order chi connectivity index (χ1) is 14.9. The van der Waals surface area contributed by atoms with Gasteiger partial charge in [-0.1, -0.05) is 20.3 Å². The summed E-state index contributed by atoms with van der Waals surface area (Å²) in [5.74, 6) is -0.962. The van der Waals surface area contributed by atoms with Crippen LogP contribution in [-0.2, 0) is 0 Å². The van der Waals surface area contributed by atoms with Crippen molar-refractivity contribution in [2.45, 2.75) is 33.1 Å². The number of halogens is 2. The molecule has 0 aliphatic heterocycles. The van der Waals surface area contributed by atoms with Gasteiger partial charge in [0.1, 0.15) is 11.6 Å². The third-order valence-corrected chi connectivity index (χ3v) is 4.66. The Morgan fingerprint density at radius 3 is 2.23 bits per heavy atom. The summed E-state index contributed by atoms with van der Waals surface area (Å²) in [6.45, 7) is 4.96. The molecule has 1 aliphatic carbocycles. The highest BCUT2D eigenvalue weighted by atomic mass is 19.1. The Balaban J connectivity index is 0.000000858. The van der Waals surface area contributed by atoms with E-state index in [2.05, 4.69) is 34.1 Å². The highest BCUT2D eigenvalue weighted by Crippen LogP contribution is 2.38. The van der Waals surface area contributed by atoms with Gasteiger partial charge in [-0.15, -0.1) is 0 Å². The van der Waals surface area contributed by atoms with Crippen molar-refractivity contribution in [3.8, 4) is 22.9 Å². The fourth-order valence-corrected chi connectivity index (χ4v) is 2.94. The van der Waals surface area contributed by atoms with E-state index in [4.69, 9.17) is 15.2 Å². The number of nitrogens with two attached hydrogens (primary N) is 1. The second-order valence-corrected chi connectivity index (χ2v) is 7.34. The van der Waals surface area contributed by atoms with Gasteiger partial charge in [-0.3, -0.25) is 0 Å². The van der Waals surface area contributed by atoms with Crippen LogP contribution >= 0.6 is 0 Å². The Morgan fingerprint density at radius 2 is 1.68 bits per heavy atom. The summed E-state index contributed by atoms with van der Waals surface area (Å²) in [7, 11) is 2.58. The molecular weight excluding hydrogens is 404 g/mol. The molecule has 0 bridgehead atoms. The number of nitrogens with zero attached hydrogens (tertiary/aromatic N) is 3. The molecule has 2 aromatic heterocycles. The van der Waals surface area contributed by atoms with E-state index in [1.165, 1.54) is 26.8 Å². The molecule has 0 saturated heterocycles. The van der Waals surface area contributed by atoms with Crippen LogP contribution in [0, 0.1) is 17.6 Å². The SMILES string of the molecule is CCC.COc1cc(OC)c(F)c(-c2nc(NCC3CC3)c3cc(N)ncc3n2)c1F. The van der Waals surface area contributed by atoms with Crippen LogP contribution in [0.2, 0.25) is 0 Å². The Kier molecular flexibility index (Phi) is 7.04. The summed E-state index contributed by atoms with van der Waals surface area (Å²) in [5, 5.41) is 3.87. The van der Waals surface area contributed by atoms with E-state index in [1.54, 1.807) is 6.07 Å². The normalized spacial score (nSPS) is 12.8. The van der Waals surface area contributed by atoms with Gasteiger partial charge in [0, 0.05) is 18.0 Å². The van der Waals surface area contributed by atoms with Crippen molar-refractivity contribution in [2.75, 3.05) is 31.8 Å². The van der Waals surface area contributed by atoms with Gasteiger partial charge >= 0.3 is 0 Å². The number of nitrogen functional groups attached to an aromatic ring is 1. The van der Waals surface area contributed by atoms with Gasteiger partial charge < -0.3 is 20.5 Å². The van der Waals surface area contributed by atoms with E-state index in [9.17, 15) is 8.78 Å². The third-order valence-electron chi connectivity index (χ3n) is 4.66. The minimum Gasteiger partial charge on any atom is -0.494 e. The summed E-state index contributed by atoms with van der Waals surface area (Å²) in [6.07, 6.45) is 4.98. The molecule has 1 aliphatic rings. The van der Waals surface area contributed by atoms with Crippen LogP contribution in [0.15, 0.2) is 18.3 Å². The van der Waals surface area contributed by atoms with Gasteiger partial charge in [-0.05, 0) is 24.8 Å². The van der Waals surface area contributed by atoms with E-state index in [1.807, 2.05) is 0 Å². The Hall–Kier alpha value is -3.23. The molecule has 1 aromatic carbocycles. The minimum absolute atomic E-state index is 0.135. The van der Waals surface area contributed by atoms with Crippen LogP contribution in [0.3, 0.4) is 0 Å². The monoisotopic (exact) mass is 431 g/mol. The third kappa shape index (κ3) is 4.92. The lowest BCUT2D eigenvalue weighted by atomic mass is 10.1. The maximum atomic E-state index is 14.9. The number of rotatable bonds is 6. The van der Waals surface area contributed by atoms with Gasteiger partial charge in [0.25, 0.3) is 0 Å². The summed E-state index contributed by atoms with van der Waals surface area (Å²) >= 11 is 0. The molecule has 7 nitrogen and oxygen atoms in total. The van der Waals surface area contributed by atoms with Gasteiger partial charge in [-0.25, -0.2) is 23.7 Å². The zero-order valence-electron chi connectivity index (χ0n) is 18.1. The van der Waals surface area contributed by atoms with Crippen molar-refractivity contribution >= 4 is 22.5 Å². The fourth-order valence-electron chi connectivity index (χ4n) is 2.94. The molecule has 0 radical (unpaired) electrons. The highest BCUT2D eigenvalue weighted by Gasteiger charge is 2.26. The predicted octanol–water partition coefficient (Wildman–Crippen LogP) is 4.81. The largest absolute Gasteiger partial charge is 0.494 e. The molecule has 0 spiro atoms. The number of hydrogen-bond donors (Lipinski definition) is 2. The maximum Gasteiger partial charge on any atom is 0.179 e. The predicted molar refractivity (Wildman–Crippen MR) is 117 cm³/mol. The van der Waals surface area contributed by atoms with Gasteiger partial charge in [0.05, 0.1) is 31.5 Å². The number of methoxy groups -OCH3 is 2. The van der Waals surface area contributed by atoms with Crippen LogP contribution in [0.4, 0.5) is 20.4 Å². The number of ether oxygens (including phenoxy) is 2. The molecular formula is C22H27F2N5O2. The summed E-state index contributed by atoms with van der Waals surface area (Å²) in [5.41, 5.74) is 5.78. The molecule has 166 valence electrons. The molecule has 3 aromatic rings. The van der Waals surface area contributed by atoms with E-state index in [-0.39, 0.29) is 17.3 Å². The van der Waals surface area contributed by atoms with E-state index in [0.717, 1.165) is 18.9 Å². The standard InChI is InChI=1S/C19H19F2N5O2.C3H8/c1-27-12-6-13(28-2)17(21)15(16(12)20)19-25-11-8-23-14(22)5-10(11)18(26-19)24-7-9-3-4-9;1-3-2/h5-6,8-9H,3-4,7H2,1-2H3,(H2,22,23)(H,24,25,26);3H2,1-2H3. The van der Waals surface area contributed by atoms with Crippen LogP contribution in [0.1, 0.15) is 33.1 Å². The van der Waals surface area contributed by atoms with Crippen molar-refractivity contribution in [3.63, 3.8) is 0 Å². The number of fused-ring (bicyclic) bond motifs is 1. The first-order valence-electron chi connectivity index (χ1n) is 10.2. The van der Waals surface area contributed by atoms with E-state index >= 15 is 0 Å². The average molecular weight is 431 g/mol. The van der Waals surface area contributed by atoms with Crippen LogP contribution in [-0.4, -0.2) is 35.7 Å². The van der Waals surface area contributed by atoms with Crippen molar-refractivity contribution in [1.29, 1.82) is 0 Å². The molecule has 1 saturated carbocycles. The summed E-state index contributed by atoms with van der Waals surface area (Å²) < 4.78 is 39.8. The van der Waals surface area contributed by atoms with Crippen LogP contribution in [0.25, 0.3) is 22.3 Å². The van der Waals surface area contributed by atoms with Crippen LogP contribution in [0.5, 0.6) is 11.5 Å².